The van der Waals surface area contributed by atoms with E-state index in [2.05, 4.69) is 10.4 Å². The summed E-state index contributed by atoms with van der Waals surface area (Å²) in [5.41, 5.74) is 3.85. The second-order valence-corrected chi connectivity index (χ2v) is 5.52. The van der Waals surface area contributed by atoms with Gasteiger partial charge in [-0.3, -0.25) is 10.4 Å². The van der Waals surface area contributed by atoms with Crippen molar-refractivity contribution < 1.29 is 23.8 Å². The summed E-state index contributed by atoms with van der Waals surface area (Å²) < 4.78 is 14.7. The number of nitrogens with zero attached hydrogens (tertiary/aromatic N) is 2. The van der Waals surface area contributed by atoms with Gasteiger partial charge < -0.3 is 14.2 Å². The van der Waals surface area contributed by atoms with Crippen molar-refractivity contribution in [3.63, 3.8) is 0 Å². The van der Waals surface area contributed by atoms with Gasteiger partial charge in [0.15, 0.2) is 0 Å². The molecule has 25 heavy (non-hydrogen) atoms. The first-order chi connectivity index (χ1) is 12.1. The Hall–Kier alpha value is -2.77. The highest BCUT2D eigenvalue weighted by atomic mass is 16.5. The number of ether oxygens (including phenoxy) is 3. The zero-order valence-electron chi connectivity index (χ0n) is 14.7. The van der Waals surface area contributed by atoms with Crippen molar-refractivity contribution in [2.75, 3.05) is 21.3 Å². The summed E-state index contributed by atoms with van der Waals surface area (Å²) in [5.74, 6) is 0.915. The number of hydrogen-bond donors (Lipinski definition) is 1. The molecule has 1 N–H and O–H groups in total. The summed E-state index contributed by atoms with van der Waals surface area (Å²) in [6.45, 7) is 0.276. The van der Waals surface area contributed by atoms with Gasteiger partial charge in [-0.05, 0) is 30.5 Å². The summed E-state index contributed by atoms with van der Waals surface area (Å²) in [7, 11) is 4.24. The molecule has 0 spiro atoms. The van der Waals surface area contributed by atoms with Crippen molar-refractivity contribution in [1.29, 1.82) is 0 Å². The Morgan fingerprint density at radius 1 is 1.20 bits per heavy atom. The van der Waals surface area contributed by atoms with E-state index in [1.807, 2.05) is 24.3 Å². The van der Waals surface area contributed by atoms with Gasteiger partial charge in [-0.15, -0.1) is 0 Å². The van der Waals surface area contributed by atoms with E-state index in [4.69, 9.17) is 14.2 Å². The number of carbonyl (C=O) groups excluding carboxylic acids is 2. The largest absolute Gasteiger partial charge is 0.497 e. The molecule has 1 aliphatic rings. The Balaban J connectivity index is 2.10. The number of hydrogen-bond acceptors (Lipinski definition) is 7. The van der Waals surface area contributed by atoms with Gasteiger partial charge in [0.1, 0.15) is 17.6 Å². The maximum absolute atomic E-state index is 12.1. The number of esters is 1. The van der Waals surface area contributed by atoms with Crippen LogP contribution in [0.25, 0.3) is 0 Å². The van der Waals surface area contributed by atoms with E-state index < -0.39 is 12.1 Å². The Kier molecular flexibility index (Phi) is 6.62. The molecule has 0 aliphatic carbocycles. The fourth-order valence-corrected chi connectivity index (χ4v) is 2.50. The smallest absolute Gasteiger partial charge is 0.428 e. The second kappa shape index (κ2) is 8.91. The highest BCUT2D eigenvalue weighted by Crippen LogP contribution is 2.16. The molecule has 1 amide bonds. The highest BCUT2D eigenvalue weighted by molar-refractivity contribution is 5.88. The minimum atomic E-state index is -0.543. The van der Waals surface area contributed by atoms with Gasteiger partial charge in [0.05, 0.1) is 27.9 Å². The van der Waals surface area contributed by atoms with Crippen LogP contribution in [0.4, 0.5) is 4.79 Å². The van der Waals surface area contributed by atoms with Crippen molar-refractivity contribution in [3.05, 3.63) is 29.8 Å². The van der Waals surface area contributed by atoms with Crippen LogP contribution >= 0.6 is 0 Å². The first-order valence-electron chi connectivity index (χ1n) is 7.97. The fraction of sp³-hybridized carbons (Fsp3) is 0.471. The minimum Gasteiger partial charge on any atom is -0.497 e. The van der Waals surface area contributed by atoms with E-state index >= 15 is 0 Å². The van der Waals surface area contributed by atoms with Gasteiger partial charge in [0.25, 0.3) is 0 Å². The lowest BCUT2D eigenvalue weighted by atomic mass is 10.1. The molecule has 1 aromatic rings. The third-order valence-corrected chi connectivity index (χ3v) is 3.83. The molecule has 136 valence electrons. The number of aliphatic imine (C=N–C) groups is 1. The quantitative estimate of drug-likeness (QED) is 0.659. The van der Waals surface area contributed by atoms with Crippen molar-refractivity contribution in [3.8, 4) is 5.75 Å². The molecule has 0 bridgehead atoms. The summed E-state index contributed by atoms with van der Waals surface area (Å²) >= 11 is 0. The predicted molar refractivity (Wildman–Crippen MR) is 91.2 cm³/mol. The lowest BCUT2D eigenvalue weighted by Crippen LogP contribution is -2.47. The zero-order chi connectivity index (χ0) is 18.2. The first kappa shape index (κ1) is 18.6. The Morgan fingerprint density at radius 2 is 1.92 bits per heavy atom. The molecule has 1 heterocycles. The van der Waals surface area contributed by atoms with E-state index in [0.29, 0.717) is 18.7 Å². The van der Waals surface area contributed by atoms with Crippen LogP contribution in [-0.2, 0) is 20.8 Å². The number of amidine groups is 1. The van der Waals surface area contributed by atoms with Gasteiger partial charge in [-0.25, -0.2) is 14.6 Å². The summed E-state index contributed by atoms with van der Waals surface area (Å²) in [6.07, 6.45) is 1.51. The molecular formula is C17H23N3O5. The monoisotopic (exact) mass is 349 g/mol. The molecule has 1 atom stereocenters. The van der Waals surface area contributed by atoms with Gasteiger partial charge in [0, 0.05) is 6.42 Å². The number of amides is 1. The third kappa shape index (κ3) is 5.10. The SMILES string of the molecule is COC(=O)[C@H]1CCCC(NN(Cc2ccc(OC)cc2)C(=O)OC)=N1. The topological polar surface area (TPSA) is 89.5 Å². The number of carbonyl (C=O) groups is 2. The summed E-state index contributed by atoms with van der Waals surface area (Å²) in [4.78, 5) is 28.1. The van der Waals surface area contributed by atoms with Crippen molar-refractivity contribution in [2.45, 2.75) is 31.8 Å². The molecule has 0 saturated heterocycles. The molecule has 1 aromatic carbocycles. The van der Waals surface area contributed by atoms with Crippen molar-refractivity contribution in [1.82, 2.24) is 10.4 Å². The minimum absolute atomic E-state index is 0.276. The second-order valence-electron chi connectivity index (χ2n) is 5.52. The molecule has 0 radical (unpaired) electrons. The van der Waals surface area contributed by atoms with Gasteiger partial charge in [0.2, 0.25) is 0 Å². The standard InChI is InChI=1S/C17H23N3O5/c1-23-13-9-7-12(8-10-13)11-20(17(22)25-3)19-15-6-4-5-14(18-15)16(21)24-2/h7-10,14H,4-6,11H2,1-3H3,(H,18,19)/t14-/m1/s1. The van der Waals surface area contributed by atoms with Crippen molar-refractivity contribution in [2.24, 2.45) is 4.99 Å². The number of rotatable bonds is 4. The van der Waals surface area contributed by atoms with Crippen molar-refractivity contribution >= 4 is 17.9 Å². The maximum Gasteiger partial charge on any atom is 0.428 e. The highest BCUT2D eigenvalue weighted by Gasteiger charge is 2.25. The lowest BCUT2D eigenvalue weighted by molar-refractivity contribution is -0.142. The Morgan fingerprint density at radius 3 is 2.52 bits per heavy atom. The van der Waals surface area contributed by atoms with Crippen LogP contribution in [0, 0.1) is 0 Å². The van der Waals surface area contributed by atoms with Gasteiger partial charge >= 0.3 is 12.1 Å². The fourth-order valence-electron chi connectivity index (χ4n) is 2.50. The van der Waals surface area contributed by atoms with Crippen LogP contribution in [0.5, 0.6) is 5.75 Å². The lowest BCUT2D eigenvalue weighted by Gasteiger charge is -2.26. The van der Waals surface area contributed by atoms with Gasteiger partial charge in [-0.1, -0.05) is 12.1 Å². The number of hydrazine groups is 1. The Bertz CT molecular complexity index is 630. The predicted octanol–water partition coefficient (Wildman–Crippen LogP) is 1.89. The van der Waals surface area contributed by atoms with Crippen LogP contribution in [0.3, 0.4) is 0 Å². The number of nitrogens with one attached hydrogen (secondary N) is 1. The van der Waals surface area contributed by atoms with Crippen LogP contribution in [-0.4, -0.2) is 50.3 Å². The van der Waals surface area contributed by atoms with E-state index in [9.17, 15) is 9.59 Å². The van der Waals surface area contributed by atoms with E-state index in [0.717, 1.165) is 17.7 Å². The average molecular weight is 349 g/mol. The maximum atomic E-state index is 12.1. The van der Waals surface area contributed by atoms with E-state index in [1.165, 1.54) is 19.2 Å². The molecule has 0 unspecified atom stereocenters. The third-order valence-electron chi connectivity index (χ3n) is 3.83. The normalized spacial score (nSPS) is 16.4. The molecule has 2 rings (SSSR count). The Labute approximate surface area is 146 Å². The van der Waals surface area contributed by atoms with Crippen LogP contribution in [0.15, 0.2) is 29.3 Å². The summed E-state index contributed by atoms with van der Waals surface area (Å²) in [5, 5.41) is 1.32. The molecule has 0 saturated carbocycles. The van der Waals surface area contributed by atoms with Crippen LogP contribution in [0.2, 0.25) is 0 Å². The molecule has 8 nitrogen and oxygen atoms in total. The molecule has 0 fully saturated rings. The number of benzene rings is 1. The zero-order valence-corrected chi connectivity index (χ0v) is 14.7. The van der Waals surface area contributed by atoms with E-state index in [-0.39, 0.29) is 12.5 Å². The molecule has 8 heteroatoms. The first-order valence-corrected chi connectivity index (χ1v) is 7.97. The van der Waals surface area contributed by atoms with E-state index in [1.54, 1.807) is 7.11 Å². The molecule has 0 aromatic heterocycles. The van der Waals surface area contributed by atoms with Gasteiger partial charge in [-0.2, -0.15) is 0 Å². The average Bonchev–Trinajstić information content (AvgIpc) is 2.67. The molecular weight excluding hydrogens is 326 g/mol. The molecule has 1 aliphatic heterocycles. The van der Waals surface area contributed by atoms with Crippen LogP contribution < -0.4 is 10.2 Å². The summed E-state index contributed by atoms with van der Waals surface area (Å²) in [6, 6.07) is 6.81. The van der Waals surface area contributed by atoms with Crippen LogP contribution in [0.1, 0.15) is 24.8 Å². The number of methoxy groups -OCH3 is 3.